The molecule has 2 heteroatoms. The summed E-state index contributed by atoms with van der Waals surface area (Å²) in [4.78, 5) is 8.39. The minimum absolute atomic E-state index is 0.952. The fraction of sp³-hybridized carbons (Fsp3) is 0. The molecule has 22 heavy (non-hydrogen) atoms. The maximum absolute atomic E-state index is 4.21. The van der Waals surface area contributed by atoms with Crippen molar-refractivity contribution < 1.29 is 0 Å². The van der Waals surface area contributed by atoms with Gasteiger partial charge in [-0.1, -0.05) is 55.1 Å². The standard InChI is InChI=1S/C11H9N.C9H7N/c1-2-11-10-6-4-3-5-9(10)7-8-12-11;1-2-6-9-8(4-1)5-3-7-10-9/h2-8H,1H2;1-7H. The van der Waals surface area contributed by atoms with Crippen LogP contribution in [0.5, 0.6) is 0 Å². The quantitative estimate of drug-likeness (QED) is 0.485. The number of nitrogens with zero attached hydrogens (tertiary/aromatic N) is 2. The third-order valence-corrected chi connectivity index (χ3v) is 3.41. The Labute approximate surface area is 129 Å². The van der Waals surface area contributed by atoms with E-state index >= 15 is 0 Å². The van der Waals surface area contributed by atoms with Crippen LogP contribution in [0.1, 0.15) is 5.69 Å². The lowest BCUT2D eigenvalue weighted by molar-refractivity contribution is 1.33. The van der Waals surface area contributed by atoms with Gasteiger partial charge in [-0.3, -0.25) is 9.97 Å². The SMILES string of the molecule is C=Cc1nccc2ccccc12.c1ccc2ncccc2c1. The third-order valence-electron chi connectivity index (χ3n) is 3.41. The van der Waals surface area contributed by atoms with Crippen LogP contribution < -0.4 is 0 Å². The molecule has 2 nitrogen and oxygen atoms in total. The van der Waals surface area contributed by atoms with E-state index in [9.17, 15) is 0 Å². The van der Waals surface area contributed by atoms with E-state index in [1.807, 2.05) is 48.7 Å². The minimum atomic E-state index is 0.952. The first kappa shape index (κ1) is 14.0. The minimum Gasteiger partial charge on any atom is -0.256 e. The molecule has 0 aliphatic carbocycles. The lowest BCUT2D eigenvalue weighted by Crippen LogP contribution is -1.81. The monoisotopic (exact) mass is 284 g/mol. The Morgan fingerprint density at radius 3 is 2.23 bits per heavy atom. The van der Waals surface area contributed by atoms with Gasteiger partial charge in [0, 0.05) is 23.2 Å². The number of rotatable bonds is 1. The smallest absolute Gasteiger partial charge is 0.0702 e. The molecule has 4 aromatic rings. The second kappa shape index (κ2) is 6.64. The normalized spacial score (nSPS) is 10.0. The van der Waals surface area contributed by atoms with Crippen molar-refractivity contribution in [2.45, 2.75) is 0 Å². The maximum atomic E-state index is 4.21. The lowest BCUT2D eigenvalue weighted by Gasteiger charge is -1.98. The molecular weight excluding hydrogens is 268 g/mol. The van der Waals surface area contributed by atoms with E-state index in [-0.39, 0.29) is 0 Å². The van der Waals surface area contributed by atoms with Gasteiger partial charge >= 0.3 is 0 Å². The highest BCUT2D eigenvalue weighted by atomic mass is 14.7. The molecule has 0 amide bonds. The molecule has 106 valence electrons. The van der Waals surface area contributed by atoms with Gasteiger partial charge in [-0.25, -0.2) is 0 Å². The van der Waals surface area contributed by atoms with E-state index in [0.29, 0.717) is 0 Å². The summed E-state index contributed by atoms with van der Waals surface area (Å²) in [5.41, 5.74) is 2.01. The first-order valence-electron chi connectivity index (χ1n) is 7.14. The molecule has 0 fully saturated rings. The molecule has 0 bridgehead atoms. The van der Waals surface area contributed by atoms with Gasteiger partial charge in [-0.15, -0.1) is 0 Å². The van der Waals surface area contributed by atoms with Crippen molar-refractivity contribution in [2.75, 3.05) is 0 Å². The van der Waals surface area contributed by atoms with Crippen LogP contribution in [-0.4, -0.2) is 9.97 Å². The average molecular weight is 284 g/mol. The molecule has 0 saturated carbocycles. The van der Waals surface area contributed by atoms with Crippen LogP contribution in [0.4, 0.5) is 0 Å². The first-order valence-corrected chi connectivity index (χ1v) is 7.14. The molecule has 0 aliphatic rings. The van der Waals surface area contributed by atoms with Crippen molar-refractivity contribution in [3.8, 4) is 0 Å². The molecule has 2 aromatic carbocycles. The van der Waals surface area contributed by atoms with Gasteiger partial charge in [-0.05, 0) is 29.7 Å². The molecule has 0 unspecified atom stereocenters. The first-order chi connectivity index (χ1) is 10.9. The topological polar surface area (TPSA) is 25.8 Å². The zero-order valence-corrected chi connectivity index (χ0v) is 12.2. The molecule has 0 saturated heterocycles. The van der Waals surface area contributed by atoms with Crippen molar-refractivity contribution in [3.05, 3.63) is 91.4 Å². The predicted molar refractivity (Wildman–Crippen MR) is 93.6 cm³/mol. The van der Waals surface area contributed by atoms with Crippen LogP contribution in [0.15, 0.2) is 85.7 Å². The lowest BCUT2D eigenvalue weighted by atomic mass is 10.1. The maximum Gasteiger partial charge on any atom is 0.0702 e. The fourth-order valence-corrected chi connectivity index (χ4v) is 2.32. The van der Waals surface area contributed by atoms with Crippen LogP contribution in [0.25, 0.3) is 27.8 Å². The van der Waals surface area contributed by atoms with Gasteiger partial charge in [0.05, 0.1) is 11.2 Å². The van der Waals surface area contributed by atoms with Crippen molar-refractivity contribution in [2.24, 2.45) is 0 Å². The van der Waals surface area contributed by atoms with Gasteiger partial charge < -0.3 is 0 Å². The van der Waals surface area contributed by atoms with Crippen molar-refractivity contribution in [1.82, 2.24) is 9.97 Å². The summed E-state index contributed by atoms with van der Waals surface area (Å²) >= 11 is 0. The summed E-state index contributed by atoms with van der Waals surface area (Å²) in [5.74, 6) is 0. The molecule has 0 N–H and O–H groups in total. The highest BCUT2D eigenvalue weighted by Crippen LogP contribution is 2.16. The summed E-state index contributed by atoms with van der Waals surface area (Å²) in [6, 6.07) is 22.2. The van der Waals surface area contributed by atoms with E-state index in [2.05, 4.69) is 40.8 Å². The Hall–Kier alpha value is -3.00. The second-order valence-corrected chi connectivity index (χ2v) is 4.82. The Balaban J connectivity index is 0.000000133. The number of benzene rings is 2. The molecule has 2 aromatic heterocycles. The zero-order chi connectivity index (χ0) is 15.2. The zero-order valence-electron chi connectivity index (χ0n) is 12.2. The highest BCUT2D eigenvalue weighted by Gasteiger charge is 1.95. The number of hydrogen-bond acceptors (Lipinski definition) is 2. The van der Waals surface area contributed by atoms with Gasteiger partial charge in [0.15, 0.2) is 0 Å². The molecular formula is C20H16N2. The number of aromatic nitrogens is 2. The summed E-state index contributed by atoms with van der Waals surface area (Å²) in [5, 5.41) is 3.57. The van der Waals surface area contributed by atoms with Crippen molar-refractivity contribution in [1.29, 1.82) is 0 Å². The molecule has 2 heterocycles. The van der Waals surface area contributed by atoms with E-state index in [1.165, 1.54) is 10.8 Å². The molecule has 0 atom stereocenters. The summed E-state index contributed by atoms with van der Waals surface area (Å²) < 4.78 is 0. The Morgan fingerprint density at radius 2 is 1.41 bits per heavy atom. The van der Waals surface area contributed by atoms with Crippen LogP contribution in [0, 0.1) is 0 Å². The largest absolute Gasteiger partial charge is 0.256 e. The van der Waals surface area contributed by atoms with Crippen LogP contribution in [0.2, 0.25) is 0 Å². The summed E-state index contributed by atoms with van der Waals surface area (Å²) in [7, 11) is 0. The van der Waals surface area contributed by atoms with Crippen molar-refractivity contribution in [3.63, 3.8) is 0 Å². The van der Waals surface area contributed by atoms with E-state index in [1.54, 1.807) is 12.3 Å². The number of fused-ring (bicyclic) bond motifs is 2. The second-order valence-electron chi connectivity index (χ2n) is 4.82. The van der Waals surface area contributed by atoms with Gasteiger partial charge in [-0.2, -0.15) is 0 Å². The Morgan fingerprint density at radius 1 is 0.682 bits per heavy atom. The van der Waals surface area contributed by atoms with Crippen LogP contribution >= 0.6 is 0 Å². The molecule has 0 radical (unpaired) electrons. The van der Waals surface area contributed by atoms with Crippen molar-refractivity contribution >= 4 is 27.8 Å². The number of para-hydroxylation sites is 1. The average Bonchev–Trinajstić information content (AvgIpc) is 2.62. The third kappa shape index (κ3) is 3.01. The Bertz CT molecular complexity index is 842. The summed E-state index contributed by atoms with van der Waals surface area (Å²) in [6.45, 7) is 3.72. The van der Waals surface area contributed by atoms with E-state index in [4.69, 9.17) is 0 Å². The predicted octanol–water partition coefficient (Wildman–Crippen LogP) is 5.11. The Kier molecular flexibility index (Phi) is 4.21. The molecule has 4 rings (SSSR count). The highest BCUT2D eigenvalue weighted by molar-refractivity contribution is 5.88. The fourth-order valence-electron chi connectivity index (χ4n) is 2.32. The van der Waals surface area contributed by atoms with E-state index in [0.717, 1.165) is 16.6 Å². The van der Waals surface area contributed by atoms with E-state index < -0.39 is 0 Å². The van der Waals surface area contributed by atoms with Gasteiger partial charge in [0.25, 0.3) is 0 Å². The molecule has 0 aliphatic heterocycles. The van der Waals surface area contributed by atoms with Crippen LogP contribution in [-0.2, 0) is 0 Å². The number of pyridine rings is 2. The van der Waals surface area contributed by atoms with Gasteiger partial charge in [0.1, 0.15) is 0 Å². The van der Waals surface area contributed by atoms with Gasteiger partial charge in [0.2, 0.25) is 0 Å². The molecule has 0 spiro atoms. The van der Waals surface area contributed by atoms with Crippen LogP contribution in [0.3, 0.4) is 0 Å². The summed E-state index contributed by atoms with van der Waals surface area (Å²) in [6.07, 6.45) is 5.39. The number of hydrogen-bond donors (Lipinski definition) is 0.